The molecule has 0 bridgehead atoms. The highest BCUT2D eigenvalue weighted by molar-refractivity contribution is 6.04. The summed E-state index contributed by atoms with van der Waals surface area (Å²) in [5.74, 6) is 0.0767. The Morgan fingerprint density at radius 3 is 2.58 bits per heavy atom. The molecule has 2 aromatic rings. The highest BCUT2D eigenvalue weighted by atomic mass is 19.1. The molecule has 0 fully saturated rings. The van der Waals surface area contributed by atoms with Crippen LogP contribution in [0.1, 0.15) is 35.7 Å². The molecule has 0 aliphatic heterocycles. The van der Waals surface area contributed by atoms with Gasteiger partial charge in [-0.3, -0.25) is 4.79 Å². The van der Waals surface area contributed by atoms with Crippen LogP contribution < -0.4 is 10.1 Å². The second kappa shape index (κ2) is 9.03. The van der Waals surface area contributed by atoms with Crippen molar-refractivity contribution in [2.45, 2.75) is 26.4 Å². The molecule has 0 saturated carbocycles. The summed E-state index contributed by atoms with van der Waals surface area (Å²) in [5.41, 5.74) is 1.85. The largest absolute Gasteiger partial charge is 0.496 e. The second-order valence-corrected chi connectivity index (χ2v) is 5.39. The van der Waals surface area contributed by atoms with E-state index in [1.807, 2.05) is 0 Å². The van der Waals surface area contributed by atoms with Crippen LogP contribution in [0.3, 0.4) is 0 Å². The smallest absolute Gasteiger partial charge is 0.255 e. The summed E-state index contributed by atoms with van der Waals surface area (Å²) < 4.78 is 23.8. The lowest BCUT2D eigenvalue weighted by Gasteiger charge is -2.12. The number of ether oxygens (including phenoxy) is 2. The third kappa shape index (κ3) is 5.06. The van der Waals surface area contributed by atoms with Gasteiger partial charge in [0.05, 0.1) is 13.7 Å². The number of rotatable bonds is 8. The van der Waals surface area contributed by atoms with Crippen molar-refractivity contribution in [2.75, 3.05) is 19.0 Å². The predicted molar refractivity (Wildman–Crippen MR) is 91.9 cm³/mol. The van der Waals surface area contributed by atoms with Gasteiger partial charge in [0.2, 0.25) is 0 Å². The average Bonchev–Trinajstić information content (AvgIpc) is 2.60. The zero-order chi connectivity index (χ0) is 17.4. The van der Waals surface area contributed by atoms with Gasteiger partial charge in [0.25, 0.3) is 5.91 Å². The summed E-state index contributed by atoms with van der Waals surface area (Å²) in [6.07, 6.45) is 2.06. The lowest BCUT2D eigenvalue weighted by Crippen LogP contribution is -2.12. The molecule has 4 nitrogen and oxygen atoms in total. The number of carbonyl (C=O) groups is 1. The zero-order valence-electron chi connectivity index (χ0n) is 14.0. The molecule has 24 heavy (non-hydrogen) atoms. The summed E-state index contributed by atoms with van der Waals surface area (Å²) in [4.78, 5) is 12.3. The molecule has 0 unspecified atom stereocenters. The van der Waals surface area contributed by atoms with Crippen molar-refractivity contribution in [3.8, 4) is 5.75 Å². The molecular formula is C19H22FNO3. The maximum Gasteiger partial charge on any atom is 0.255 e. The highest BCUT2D eigenvalue weighted by Gasteiger charge is 2.11. The second-order valence-electron chi connectivity index (χ2n) is 5.39. The molecule has 0 radical (unpaired) electrons. The fourth-order valence-electron chi connectivity index (χ4n) is 2.20. The first-order chi connectivity index (χ1) is 11.6. The van der Waals surface area contributed by atoms with Crippen LogP contribution in [-0.4, -0.2) is 19.6 Å². The summed E-state index contributed by atoms with van der Waals surface area (Å²) in [6, 6.07) is 10.8. The van der Waals surface area contributed by atoms with Crippen LogP contribution in [0.4, 0.5) is 10.1 Å². The summed E-state index contributed by atoms with van der Waals surface area (Å²) in [7, 11) is 1.59. The molecular weight excluding hydrogens is 309 g/mol. The van der Waals surface area contributed by atoms with Gasteiger partial charge in [-0.2, -0.15) is 0 Å². The zero-order valence-corrected chi connectivity index (χ0v) is 14.0. The Morgan fingerprint density at radius 1 is 1.17 bits per heavy atom. The van der Waals surface area contributed by atoms with Gasteiger partial charge in [-0.1, -0.05) is 13.3 Å². The Kier molecular flexibility index (Phi) is 6.75. The first-order valence-electron chi connectivity index (χ1n) is 7.95. The molecule has 0 atom stereocenters. The van der Waals surface area contributed by atoms with E-state index in [9.17, 15) is 9.18 Å². The van der Waals surface area contributed by atoms with E-state index in [4.69, 9.17) is 9.47 Å². The molecule has 0 aliphatic carbocycles. The first kappa shape index (κ1) is 17.9. The van der Waals surface area contributed by atoms with Gasteiger partial charge in [-0.25, -0.2) is 4.39 Å². The molecule has 1 N–H and O–H groups in total. The Hall–Kier alpha value is -2.40. The quantitative estimate of drug-likeness (QED) is 0.729. The van der Waals surface area contributed by atoms with Crippen molar-refractivity contribution in [1.82, 2.24) is 0 Å². The van der Waals surface area contributed by atoms with Crippen molar-refractivity contribution in [3.05, 3.63) is 59.4 Å². The van der Waals surface area contributed by atoms with Gasteiger partial charge in [0.15, 0.2) is 0 Å². The van der Waals surface area contributed by atoms with E-state index < -0.39 is 0 Å². The number of hydrogen-bond donors (Lipinski definition) is 1. The fourth-order valence-corrected chi connectivity index (χ4v) is 2.20. The molecule has 0 aliphatic rings. The normalized spacial score (nSPS) is 10.5. The number of benzene rings is 2. The summed E-state index contributed by atoms with van der Waals surface area (Å²) >= 11 is 0. The minimum Gasteiger partial charge on any atom is -0.496 e. The predicted octanol–water partition coefficient (Wildman–Crippen LogP) is 4.40. The van der Waals surface area contributed by atoms with E-state index in [0.29, 0.717) is 30.2 Å². The SMILES string of the molecule is CCCCOCc1cc(C(=O)Nc2ccc(F)cc2)ccc1OC. The van der Waals surface area contributed by atoms with Crippen molar-refractivity contribution in [1.29, 1.82) is 0 Å². The Balaban J connectivity index is 2.08. The molecule has 2 aromatic carbocycles. The molecule has 2 rings (SSSR count). The maximum absolute atomic E-state index is 12.9. The summed E-state index contributed by atoms with van der Waals surface area (Å²) in [6.45, 7) is 3.16. The van der Waals surface area contributed by atoms with Crippen LogP contribution in [0, 0.1) is 5.82 Å². The van der Waals surface area contributed by atoms with Gasteiger partial charge in [0.1, 0.15) is 11.6 Å². The van der Waals surface area contributed by atoms with E-state index in [0.717, 1.165) is 18.4 Å². The average molecular weight is 331 g/mol. The molecule has 0 saturated heterocycles. The van der Waals surface area contributed by atoms with E-state index in [2.05, 4.69) is 12.2 Å². The molecule has 128 valence electrons. The lowest BCUT2D eigenvalue weighted by atomic mass is 10.1. The van der Waals surface area contributed by atoms with E-state index in [1.165, 1.54) is 24.3 Å². The number of methoxy groups -OCH3 is 1. The topological polar surface area (TPSA) is 47.6 Å². The van der Waals surface area contributed by atoms with Crippen LogP contribution in [0.15, 0.2) is 42.5 Å². The number of nitrogens with one attached hydrogen (secondary N) is 1. The Morgan fingerprint density at radius 2 is 1.92 bits per heavy atom. The lowest BCUT2D eigenvalue weighted by molar-refractivity contribution is 0.102. The third-order valence-electron chi connectivity index (χ3n) is 3.54. The van der Waals surface area contributed by atoms with Crippen LogP contribution in [0.5, 0.6) is 5.75 Å². The van der Waals surface area contributed by atoms with E-state index in [1.54, 1.807) is 25.3 Å². The number of hydrogen-bond acceptors (Lipinski definition) is 3. The number of amides is 1. The minimum absolute atomic E-state index is 0.265. The number of carbonyl (C=O) groups excluding carboxylic acids is 1. The van der Waals surface area contributed by atoms with Crippen LogP contribution in [0.2, 0.25) is 0 Å². The Labute approximate surface area is 141 Å². The minimum atomic E-state index is -0.344. The number of unbranched alkanes of at least 4 members (excludes halogenated alkanes) is 1. The maximum atomic E-state index is 12.9. The van der Waals surface area contributed by atoms with E-state index >= 15 is 0 Å². The van der Waals surface area contributed by atoms with Gasteiger partial charge in [-0.15, -0.1) is 0 Å². The molecule has 0 aromatic heterocycles. The van der Waals surface area contributed by atoms with Crippen molar-refractivity contribution >= 4 is 11.6 Å². The highest BCUT2D eigenvalue weighted by Crippen LogP contribution is 2.22. The van der Waals surface area contributed by atoms with Gasteiger partial charge in [0, 0.05) is 23.4 Å². The van der Waals surface area contributed by atoms with Crippen LogP contribution >= 0.6 is 0 Å². The van der Waals surface area contributed by atoms with Gasteiger partial charge in [-0.05, 0) is 48.9 Å². The summed E-state index contributed by atoms with van der Waals surface area (Å²) in [5, 5.41) is 2.74. The van der Waals surface area contributed by atoms with E-state index in [-0.39, 0.29) is 11.7 Å². The molecule has 1 amide bonds. The third-order valence-corrected chi connectivity index (χ3v) is 3.54. The monoisotopic (exact) mass is 331 g/mol. The van der Waals surface area contributed by atoms with Crippen molar-refractivity contribution in [3.63, 3.8) is 0 Å². The van der Waals surface area contributed by atoms with Crippen molar-refractivity contribution < 1.29 is 18.7 Å². The van der Waals surface area contributed by atoms with Gasteiger partial charge >= 0.3 is 0 Å². The number of halogens is 1. The molecule has 0 spiro atoms. The van der Waals surface area contributed by atoms with Crippen LogP contribution in [0.25, 0.3) is 0 Å². The first-order valence-corrected chi connectivity index (χ1v) is 7.95. The van der Waals surface area contributed by atoms with Crippen LogP contribution in [-0.2, 0) is 11.3 Å². The standard InChI is InChI=1S/C19H22FNO3/c1-3-4-11-24-13-15-12-14(5-10-18(15)23-2)19(22)21-17-8-6-16(20)7-9-17/h5-10,12H,3-4,11,13H2,1-2H3,(H,21,22). The van der Waals surface area contributed by atoms with Crippen molar-refractivity contribution in [2.24, 2.45) is 0 Å². The Bertz CT molecular complexity index is 671. The molecule has 0 heterocycles. The fraction of sp³-hybridized carbons (Fsp3) is 0.316. The number of anilines is 1. The van der Waals surface area contributed by atoms with Gasteiger partial charge < -0.3 is 14.8 Å². The molecule has 5 heteroatoms.